The van der Waals surface area contributed by atoms with E-state index in [1.54, 1.807) is 13.0 Å². The second-order valence-electron chi connectivity index (χ2n) is 8.27. The van der Waals surface area contributed by atoms with Crippen LogP contribution in [0.5, 0.6) is 0 Å². The van der Waals surface area contributed by atoms with E-state index >= 15 is 0 Å². The average Bonchev–Trinajstić information content (AvgIpc) is 2.63. The number of hydrogen-bond acceptors (Lipinski definition) is 4. The quantitative estimate of drug-likeness (QED) is 0.253. The van der Waals surface area contributed by atoms with Gasteiger partial charge in [-0.25, -0.2) is 9.59 Å². The molecule has 0 spiro atoms. The van der Waals surface area contributed by atoms with E-state index in [1.807, 2.05) is 69.3 Å². The van der Waals surface area contributed by atoms with Crippen molar-refractivity contribution >= 4 is 39.6 Å². The molecule has 0 aromatic heterocycles. The Hall–Kier alpha value is -3.14. The van der Waals surface area contributed by atoms with Gasteiger partial charge in [0, 0.05) is 12.3 Å². The Balaban J connectivity index is 1.90. The highest BCUT2D eigenvalue weighted by Gasteiger charge is 2.50. The van der Waals surface area contributed by atoms with Gasteiger partial charge in [-0.05, 0) is 39.3 Å². The highest BCUT2D eigenvalue weighted by molar-refractivity contribution is 6.21. The highest BCUT2D eigenvalue weighted by Crippen LogP contribution is 2.39. The van der Waals surface area contributed by atoms with Crippen LogP contribution < -0.4 is 0 Å². The monoisotopic (exact) mass is 374 g/mol. The molecule has 28 heavy (non-hydrogen) atoms. The summed E-state index contributed by atoms with van der Waals surface area (Å²) in [6.45, 7) is 7.20. The van der Waals surface area contributed by atoms with Crippen LogP contribution in [0.3, 0.4) is 0 Å². The first-order valence-electron chi connectivity index (χ1n) is 9.28. The molecule has 4 rings (SSSR count). The average molecular weight is 374 g/mol. The lowest BCUT2D eigenvalue weighted by Gasteiger charge is -2.42. The number of carbonyl (C=O) groups is 2. The summed E-state index contributed by atoms with van der Waals surface area (Å²) >= 11 is 0. The van der Waals surface area contributed by atoms with Gasteiger partial charge in [0.05, 0.1) is 0 Å². The van der Waals surface area contributed by atoms with Crippen molar-refractivity contribution in [1.29, 1.82) is 0 Å². The maximum absolute atomic E-state index is 12.8. The minimum atomic E-state index is -1.31. The van der Waals surface area contributed by atoms with Crippen LogP contribution in [0.15, 0.2) is 60.2 Å². The van der Waals surface area contributed by atoms with Crippen molar-refractivity contribution in [1.82, 2.24) is 0 Å². The first kappa shape index (κ1) is 18.2. The molecule has 0 N–H and O–H groups in total. The zero-order valence-corrected chi connectivity index (χ0v) is 16.4. The van der Waals surface area contributed by atoms with E-state index < -0.39 is 23.1 Å². The maximum atomic E-state index is 12.8. The fourth-order valence-corrected chi connectivity index (χ4v) is 3.34. The molecule has 3 aromatic carbocycles. The molecule has 4 nitrogen and oxygen atoms in total. The summed E-state index contributed by atoms with van der Waals surface area (Å²) in [5.41, 5.74) is 0.163. The molecule has 0 unspecified atom stereocenters. The predicted octanol–water partition coefficient (Wildman–Crippen LogP) is 5.24. The summed E-state index contributed by atoms with van der Waals surface area (Å²) in [5.74, 6) is -2.63. The fraction of sp³-hybridized carbons (Fsp3) is 0.250. The Bertz CT molecular complexity index is 1070. The van der Waals surface area contributed by atoms with Crippen molar-refractivity contribution in [3.8, 4) is 0 Å². The van der Waals surface area contributed by atoms with Crippen molar-refractivity contribution in [2.24, 2.45) is 5.41 Å². The third-order valence-electron chi connectivity index (χ3n) is 5.48. The zero-order valence-electron chi connectivity index (χ0n) is 16.4. The van der Waals surface area contributed by atoms with Crippen molar-refractivity contribution in [2.45, 2.75) is 33.5 Å². The number of cyclic esters (lactones) is 2. The Morgan fingerprint density at radius 1 is 0.821 bits per heavy atom. The molecular formula is C24H22O4. The maximum Gasteiger partial charge on any atom is 0.348 e. The molecule has 0 amide bonds. The van der Waals surface area contributed by atoms with Crippen LogP contribution >= 0.6 is 0 Å². The van der Waals surface area contributed by atoms with E-state index in [0.29, 0.717) is 0 Å². The van der Waals surface area contributed by atoms with Gasteiger partial charge in [-0.3, -0.25) is 0 Å². The smallest absolute Gasteiger partial charge is 0.348 e. The van der Waals surface area contributed by atoms with Gasteiger partial charge < -0.3 is 9.47 Å². The van der Waals surface area contributed by atoms with Gasteiger partial charge in [-0.2, -0.15) is 0 Å². The first-order chi connectivity index (χ1) is 13.2. The largest absolute Gasteiger partial charge is 0.418 e. The Morgan fingerprint density at radius 3 is 1.75 bits per heavy atom. The SMILES string of the molecule is CC(C)(C)C1(C)OC(=O)C(=Cc2c3ccccc3cc3ccccc23)C(=O)O1. The minimum absolute atomic E-state index is 0.0942. The third kappa shape index (κ3) is 2.85. The molecule has 1 aliphatic rings. The molecule has 4 heteroatoms. The lowest BCUT2D eigenvalue weighted by Crippen LogP contribution is -2.52. The number of ether oxygens (including phenoxy) is 2. The number of hydrogen-bond donors (Lipinski definition) is 0. The van der Waals surface area contributed by atoms with E-state index in [1.165, 1.54) is 0 Å². The number of esters is 2. The molecule has 1 heterocycles. The lowest BCUT2D eigenvalue weighted by molar-refractivity contribution is -0.261. The molecule has 3 aromatic rings. The zero-order chi connectivity index (χ0) is 20.1. The third-order valence-corrected chi connectivity index (χ3v) is 5.48. The predicted molar refractivity (Wildman–Crippen MR) is 109 cm³/mol. The van der Waals surface area contributed by atoms with Crippen molar-refractivity contribution in [3.05, 3.63) is 65.7 Å². The van der Waals surface area contributed by atoms with Crippen molar-refractivity contribution in [3.63, 3.8) is 0 Å². The van der Waals surface area contributed by atoms with Gasteiger partial charge in [0.15, 0.2) is 0 Å². The van der Waals surface area contributed by atoms with Crippen molar-refractivity contribution < 1.29 is 19.1 Å². The second kappa shape index (κ2) is 6.20. The number of benzene rings is 3. The molecular weight excluding hydrogens is 352 g/mol. The summed E-state index contributed by atoms with van der Waals surface area (Å²) in [4.78, 5) is 25.5. The summed E-state index contributed by atoms with van der Waals surface area (Å²) in [6, 6.07) is 17.9. The molecule has 0 atom stereocenters. The summed E-state index contributed by atoms with van der Waals surface area (Å²) in [5, 5.41) is 3.98. The summed E-state index contributed by atoms with van der Waals surface area (Å²) in [6.07, 6.45) is 1.59. The van der Waals surface area contributed by atoms with E-state index in [0.717, 1.165) is 27.1 Å². The minimum Gasteiger partial charge on any atom is -0.418 e. The van der Waals surface area contributed by atoms with E-state index in [9.17, 15) is 9.59 Å². The summed E-state index contributed by atoms with van der Waals surface area (Å²) in [7, 11) is 0. The van der Waals surface area contributed by atoms with E-state index in [-0.39, 0.29) is 5.57 Å². The second-order valence-corrected chi connectivity index (χ2v) is 8.27. The molecule has 0 aliphatic carbocycles. The Labute approximate surface area is 163 Å². The molecule has 0 bridgehead atoms. The van der Waals surface area contributed by atoms with Gasteiger partial charge in [0.25, 0.3) is 5.79 Å². The molecule has 1 saturated heterocycles. The summed E-state index contributed by atoms with van der Waals surface area (Å²) < 4.78 is 11.1. The molecule has 0 saturated carbocycles. The van der Waals surface area contributed by atoms with Gasteiger partial charge in [-0.1, -0.05) is 69.3 Å². The number of carbonyl (C=O) groups excluding carboxylic acids is 2. The van der Waals surface area contributed by atoms with Gasteiger partial charge in [0.1, 0.15) is 5.57 Å². The van der Waals surface area contributed by atoms with Crippen LogP contribution in [0.4, 0.5) is 0 Å². The fourth-order valence-electron chi connectivity index (χ4n) is 3.34. The Kier molecular flexibility index (Phi) is 4.03. The van der Waals surface area contributed by atoms with Crippen LogP contribution in [-0.2, 0) is 19.1 Å². The molecule has 1 fully saturated rings. The van der Waals surface area contributed by atoms with Crippen LogP contribution in [-0.4, -0.2) is 17.7 Å². The van der Waals surface area contributed by atoms with Crippen LogP contribution in [0.2, 0.25) is 0 Å². The molecule has 0 radical (unpaired) electrons. The molecule has 1 aliphatic heterocycles. The van der Waals surface area contributed by atoms with E-state index in [4.69, 9.17) is 9.47 Å². The highest BCUT2D eigenvalue weighted by atomic mass is 16.7. The van der Waals surface area contributed by atoms with Gasteiger partial charge in [-0.15, -0.1) is 0 Å². The number of fused-ring (bicyclic) bond motifs is 2. The van der Waals surface area contributed by atoms with Gasteiger partial charge in [0.2, 0.25) is 0 Å². The Morgan fingerprint density at radius 2 is 1.29 bits per heavy atom. The van der Waals surface area contributed by atoms with E-state index in [2.05, 4.69) is 6.07 Å². The van der Waals surface area contributed by atoms with Crippen LogP contribution in [0.1, 0.15) is 33.3 Å². The normalized spacial score (nSPS) is 20.2. The van der Waals surface area contributed by atoms with Gasteiger partial charge >= 0.3 is 11.9 Å². The standard InChI is InChI=1S/C24H22O4/c1-23(2,3)24(4)27-21(25)20(22(26)28-24)14-19-17-11-7-5-9-15(17)13-16-10-6-8-12-18(16)19/h5-14H,1-4H3. The van der Waals surface area contributed by atoms with Crippen LogP contribution in [0, 0.1) is 5.41 Å². The van der Waals surface area contributed by atoms with Crippen molar-refractivity contribution in [2.75, 3.05) is 0 Å². The molecule has 142 valence electrons. The topological polar surface area (TPSA) is 52.6 Å². The number of rotatable bonds is 1. The lowest BCUT2D eigenvalue weighted by atomic mass is 9.85. The van der Waals surface area contributed by atoms with Crippen LogP contribution in [0.25, 0.3) is 27.6 Å². The first-order valence-corrected chi connectivity index (χ1v) is 9.28.